The lowest BCUT2D eigenvalue weighted by Crippen LogP contribution is -2.23. The molecule has 0 saturated carbocycles. The van der Waals surface area contributed by atoms with E-state index >= 15 is 0 Å². The number of aromatic nitrogens is 2. The summed E-state index contributed by atoms with van der Waals surface area (Å²) in [5.41, 5.74) is 2.04. The lowest BCUT2D eigenvalue weighted by atomic mass is 9.87. The van der Waals surface area contributed by atoms with Gasteiger partial charge in [0.2, 0.25) is 5.43 Å². The Hall–Kier alpha value is -4.07. The minimum atomic E-state index is -0.436. The summed E-state index contributed by atoms with van der Waals surface area (Å²) in [6, 6.07) is 10.1. The lowest BCUT2D eigenvalue weighted by molar-refractivity contribution is -0.135. The number of esters is 1. The molecule has 0 aliphatic carbocycles. The summed E-state index contributed by atoms with van der Waals surface area (Å²) < 4.78 is 18.1. The number of hydrogen-bond donors (Lipinski definition) is 1. The van der Waals surface area contributed by atoms with Crippen molar-refractivity contribution in [2.24, 2.45) is 7.05 Å². The number of aryl methyl sites for hydroxylation is 1. The molecule has 2 aromatic heterocycles. The highest BCUT2D eigenvalue weighted by atomic mass is 16.5. The number of carbonyl (C=O) groups is 1. The topological polar surface area (TPSA) is 104 Å². The van der Waals surface area contributed by atoms with Gasteiger partial charge in [-0.1, -0.05) is 12.1 Å². The number of nitrogens with zero attached hydrogens (tertiary/aromatic N) is 2. The first-order valence-corrected chi connectivity index (χ1v) is 9.62. The second-order valence-corrected chi connectivity index (χ2v) is 7.33. The number of aromatic hydroxyl groups is 1. The molecule has 0 bridgehead atoms. The van der Waals surface area contributed by atoms with Gasteiger partial charge in [0.1, 0.15) is 34.5 Å². The van der Waals surface area contributed by atoms with Gasteiger partial charge in [0.25, 0.3) is 0 Å². The fourth-order valence-corrected chi connectivity index (χ4v) is 4.08. The van der Waals surface area contributed by atoms with Gasteiger partial charge >= 0.3 is 5.97 Å². The van der Waals surface area contributed by atoms with E-state index < -0.39 is 11.9 Å². The molecule has 156 valence electrons. The normalized spacial score (nSPS) is 15.5. The molecule has 1 N–H and O–H groups in total. The number of phenolic OH excluding ortho intramolecular Hbond substituents is 1. The Labute approximate surface area is 176 Å². The molecule has 1 aliphatic rings. The van der Waals surface area contributed by atoms with Crippen LogP contribution in [0.15, 0.2) is 58.1 Å². The SMILES string of the molecule is COc1ccc(-c2coc3c4c(cc(O)c3c2=O)OC(=O)C[C@H]4c2ccnn2C)cc1. The summed E-state index contributed by atoms with van der Waals surface area (Å²) in [7, 11) is 3.33. The van der Waals surface area contributed by atoms with Crippen LogP contribution in [0.5, 0.6) is 17.2 Å². The smallest absolute Gasteiger partial charge is 0.312 e. The maximum atomic E-state index is 13.3. The predicted molar refractivity (Wildman–Crippen MR) is 111 cm³/mol. The average Bonchev–Trinajstić information content (AvgIpc) is 3.19. The van der Waals surface area contributed by atoms with Crippen molar-refractivity contribution in [1.82, 2.24) is 9.78 Å². The van der Waals surface area contributed by atoms with Gasteiger partial charge in [-0.25, -0.2) is 0 Å². The Balaban J connectivity index is 1.76. The number of ether oxygens (including phenoxy) is 2. The van der Waals surface area contributed by atoms with Gasteiger partial charge in [0.05, 0.1) is 19.1 Å². The van der Waals surface area contributed by atoms with E-state index in [2.05, 4.69) is 5.10 Å². The Morgan fingerprint density at radius 3 is 2.65 bits per heavy atom. The average molecular weight is 418 g/mol. The first-order valence-electron chi connectivity index (χ1n) is 9.62. The predicted octanol–water partition coefficient (Wildman–Crippen LogP) is 3.35. The van der Waals surface area contributed by atoms with E-state index in [0.29, 0.717) is 22.4 Å². The van der Waals surface area contributed by atoms with Crippen LogP contribution in [0.2, 0.25) is 0 Å². The summed E-state index contributed by atoms with van der Waals surface area (Å²) in [6.07, 6.45) is 3.06. The van der Waals surface area contributed by atoms with Gasteiger partial charge in [-0.05, 0) is 23.8 Å². The Bertz CT molecular complexity index is 1380. The third kappa shape index (κ3) is 2.95. The van der Waals surface area contributed by atoms with E-state index in [1.54, 1.807) is 55.4 Å². The maximum Gasteiger partial charge on any atom is 0.312 e. The first-order chi connectivity index (χ1) is 15.0. The molecule has 31 heavy (non-hydrogen) atoms. The molecule has 2 aromatic carbocycles. The summed E-state index contributed by atoms with van der Waals surface area (Å²) in [5, 5.41) is 14.9. The summed E-state index contributed by atoms with van der Waals surface area (Å²) in [4.78, 5) is 25.6. The van der Waals surface area contributed by atoms with Crippen LogP contribution in [0.1, 0.15) is 23.6 Å². The summed E-state index contributed by atoms with van der Waals surface area (Å²) in [6.45, 7) is 0. The van der Waals surface area contributed by atoms with Crippen LogP contribution in [-0.4, -0.2) is 28.0 Å². The molecular weight excluding hydrogens is 400 g/mol. The molecule has 4 aromatic rings. The van der Waals surface area contributed by atoms with Crippen LogP contribution < -0.4 is 14.9 Å². The van der Waals surface area contributed by atoms with Crippen molar-refractivity contribution in [2.45, 2.75) is 12.3 Å². The van der Waals surface area contributed by atoms with Gasteiger partial charge in [0, 0.05) is 36.5 Å². The van der Waals surface area contributed by atoms with Crippen LogP contribution in [0.25, 0.3) is 22.1 Å². The Kier molecular flexibility index (Phi) is 4.28. The molecule has 3 heterocycles. The first kappa shape index (κ1) is 18.9. The number of hydrogen-bond acceptors (Lipinski definition) is 7. The molecule has 0 radical (unpaired) electrons. The molecule has 1 atom stereocenters. The van der Waals surface area contributed by atoms with Crippen molar-refractivity contribution < 1.29 is 23.8 Å². The van der Waals surface area contributed by atoms with Gasteiger partial charge in [0.15, 0.2) is 0 Å². The molecule has 8 nitrogen and oxygen atoms in total. The van der Waals surface area contributed by atoms with E-state index in [0.717, 1.165) is 5.69 Å². The largest absolute Gasteiger partial charge is 0.507 e. The van der Waals surface area contributed by atoms with Gasteiger partial charge in [-0.15, -0.1) is 0 Å². The van der Waals surface area contributed by atoms with Crippen molar-refractivity contribution in [1.29, 1.82) is 0 Å². The van der Waals surface area contributed by atoms with Crippen molar-refractivity contribution >= 4 is 16.9 Å². The number of phenols is 1. The molecular formula is C23H18N2O6. The maximum absolute atomic E-state index is 13.3. The van der Waals surface area contributed by atoms with Crippen molar-refractivity contribution in [3.63, 3.8) is 0 Å². The number of benzene rings is 2. The molecule has 8 heteroatoms. The van der Waals surface area contributed by atoms with Crippen molar-refractivity contribution in [3.8, 4) is 28.4 Å². The lowest BCUT2D eigenvalue weighted by Gasteiger charge is -2.25. The molecule has 5 rings (SSSR count). The minimum Gasteiger partial charge on any atom is -0.507 e. The number of fused-ring (bicyclic) bond motifs is 3. The van der Waals surface area contributed by atoms with E-state index in [1.165, 1.54) is 12.3 Å². The third-order valence-corrected chi connectivity index (χ3v) is 5.59. The zero-order valence-corrected chi connectivity index (χ0v) is 16.8. The van der Waals surface area contributed by atoms with E-state index in [4.69, 9.17) is 13.9 Å². The van der Waals surface area contributed by atoms with Crippen LogP contribution in [0, 0.1) is 0 Å². The van der Waals surface area contributed by atoms with Crippen LogP contribution >= 0.6 is 0 Å². The quantitative estimate of drug-likeness (QED) is 0.402. The zero-order valence-electron chi connectivity index (χ0n) is 16.8. The molecule has 0 saturated heterocycles. The summed E-state index contributed by atoms with van der Waals surface area (Å²) >= 11 is 0. The second kappa shape index (κ2) is 7.02. The van der Waals surface area contributed by atoms with E-state index in [9.17, 15) is 14.7 Å². The van der Waals surface area contributed by atoms with Gasteiger partial charge < -0.3 is 19.0 Å². The molecule has 1 aliphatic heterocycles. The summed E-state index contributed by atoms with van der Waals surface area (Å²) in [5.74, 6) is -0.340. The standard InChI is InChI=1S/C23H18N2O6/c1-25-16(7-8-24-25)14-9-19(27)31-18-10-17(26)21-22(28)15(11-30-23(21)20(14)18)12-3-5-13(29-2)6-4-12/h3-8,10-11,14,26H,9H2,1-2H3/t14-/m0/s1. The van der Waals surface area contributed by atoms with Crippen LogP contribution in [0.3, 0.4) is 0 Å². The fraction of sp³-hybridized carbons (Fsp3) is 0.174. The van der Waals surface area contributed by atoms with E-state index in [1.807, 2.05) is 0 Å². The van der Waals surface area contributed by atoms with Crippen molar-refractivity contribution in [3.05, 3.63) is 70.3 Å². The zero-order chi connectivity index (χ0) is 21.7. The molecule has 0 amide bonds. The highest BCUT2D eigenvalue weighted by Crippen LogP contribution is 2.45. The number of carbonyl (C=O) groups excluding carboxylic acids is 1. The molecule has 0 fully saturated rings. The molecule has 0 unspecified atom stereocenters. The van der Waals surface area contributed by atoms with Crippen LogP contribution in [-0.2, 0) is 11.8 Å². The Morgan fingerprint density at radius 2 is 1.97 bits per heavy atom. The fourth-order valence-electron chi connectivity index (χ4n) is 4.08. The number of rotatable bonds is 3. The number of methoxy groups -OCH3 is 1. The third-order valence-electron chi connectivity index (χ3n) is 5.59. The van der Waals surface area contributed by atoms with E-state index in [-0.39, 0.29) is 34.3 Å². The van der Waals surface area contributed by atoms with Gasteiger partial charge in [-0.3, -0.25) is 14.3 Å². The second-order valence-electron chi connectivity index (χ2n) is 7.33. The highest BCUT2D eigenvalue weighted by molar-refractivity contribution is 5.94. The highest BCUT2D eigenvalue weighted by Gasteiger charge is 2.35. The van der Waals surface area contributed by atoms with Crippen LogP contribution in [0.4, 0.5) is 0 Å². The monoisotopic (exact) mass is 418 g/mol. The molecule has 0 spiro atoms. The minimum absolute atomic E-state index is 0.0391. The Morgan fingerprint density at radius 1 is 1.19 bits per heavy atom. The van der Waals surface area contributed by atoms with Gasteiger partial charge in [-0.2, -0.15) is 5.10 Å². The van der Waals surface area contributed by atoms with Crippen molar-refractivity contribution in [2.75, 3.05) is 7.11 Å².